The summed E-state index contributed by atoms with van der Waals surface area (Å²) in [6.07, 6.45) is 0. The summed E-state index contributed by atoms with van der Waals surface area (Å²) in [5, 5.41) is 4.90. The zero-order valence-electron chi connectivity index (χ0n) is 12.5. The molecule has 3 rings (SSSR count). The summed E-state index contributed by atoms with van der Waals surface area (Å²) in [7, 11) is 0. The number of amides is 1. The molecule has 1 amide bonds. The second-order valence-corrected chi connectivity index (χ2v) is 5.01. The lowest BCUT2D eigenvalue weighted by atomic mass is 10.1. The number of carbonyl (C=O) groups excluding carboxylic acids is 1. The van der Waals surface area contributed by atoms with Gasteiger partial charge in [0, 0.05) is 10.9 Å². The average molecular weight is 307 g/mol. The van der Waals surface area contributed by atoms with Crippen molar-refractivity contribution >= 4 is 22.5 Å². The van der Waals surface area contributed by atoms with Crippen molar-refractivity contribution < 1.29 is 9.18 Å². The highest BCUT2D eigenvalue weighted by Crippen LogP contribution is 2.12. The maximum atomic E-state index is 13.7. The molecule has 0 spiro atoms. The number of carbonyl (C=O) groups is 1. The summed E-state index contributed by atoms with van der Waals surface area (Å²) in [5.41, 5.74) is 4.13. The van der Waals surface area contributed by atoms with E-state index in [1.54, 1.807) is 31.2 Å². The summed E-state index contributed by atoms with van der Waals surface area (Å²) in [5.74, 6) is -0.821. The number of benzene rings is 2. The maximum absolute atomic E-state index is 13.7. The third kappa shape index (κ3) is 3.23. The van der Waals surface area contributed by atoms with Crippen LogP contribution in [0.1, 0.15) is 23.0 Å². The molecule has 0 saturated heterocycles. The highest BCUT2D eigenvalue weighted by atomic mass is 19.1. The van der Waals surface area contributed by atoms with E-state index in [4.69, 9.17) is 0 Å². The smallest absolute Gasteiger partial charge is 0.266 e. The fourth-order valence-electron chi connectivity index (χ4n) is 2.20. The van der Waals surface area contributed by atoms with E-state index in [-0.39, 0.29) is 11.5 Å². The van der Waals surface area contributed by atoms with Crippen LogP contribution in [-0.2, 0) is 0 Å². The largest absolute Gasteiger partial charge is 0.289 e. The van der Waals surface area contributed by atoms with Crippen molar-refractivity contribution in [2.24, 2.45) is 5.10 Å². The van der Waals surface area contributed by atoms with Gasteiger partial charge in [0.2, 0.25) is 0 Å². The molecular weight excluding hydrogens is 293 g/mol. The number of halogens is 1. The quantitative estimate of drug-likeness (QED) is 0.594. The number of hydrogen-bond acceptors (Lipinski definition) is 3. The molecule has 0 radical (unpaired) electrons. The van der Waals surface area contributed by atoms with Gasteiger partial charge in [0.25, 0.3) is 5.91 Å². The predicted octanol–water partition coefficient (Wildman–Crippen LogP) is 3.53. The molecule has 4 nitrogen and oxygen atoms in total. The first-order valence-corrected chi connectivity index (χ1v) is 7.10. The van der Waals surface area contributed by atoms with Crippen molar-refractivity contribution in [3.05, 3.63) is 77.7 Å². The second-order valence-electron chi connectivity index (χ2n) is 5.01. The number of hydrogen-bond donors (Lipinski definition) is 1. The number of nitrogens with one attached hydrogen (secondary N) is 1. The van der Waals surface area contributed by atoms with Crippen LogP contribution in [0.5, 0.6) is 0 Å². The van der Waals surface area contributed by atoms with Crippen LogP contribution in [0.15, 0.2) is 65.8 Å². The number of fused-ring (bicyclic) bond motifs is 1. The molecule has 0 fully saturated rings. The summed E-state index contributed by atoms with van der Waals surface area (Å²) in [6, 6.07) is 17.2. The highest BCUT2D eigenvalue weighted by molar-refractivity contribution is 6.01. The van der Waals surface area contributed by atoms with Crippen LogP contribution in [-0.4, -0.2) is 16.6 Å². The summed E-state index contributed by atoms with van der Waals surface area (Å²) < 4.78 is 13.7. The predicted molar refractivity (Wildman–Crippen MR) is 87.8 cm³/mol. The lowest BCUT2D eigenvalue weighted by Gasteiger charge is -2.04. The molecule has 23 heavy (non-hydrogen) atoms. The Bertz CT molecular complexity index is 905. The van der Waals surface area contributed by atoms with Gasteiger partial charge in [0.05, 0.1) is 11.2 Å². The molecule has 1 heterocycles. The third-order valence-electron chi connectivity index (χ3n) is 3.42. The topological polar surface area (TPSA) is 54.4 Å². The van der Waals surface area contributed by atoms with E-state index in [0.29, 0.717) is 11.3 Å². The number of nitrogens with zero attached hydrogens (tertiary/aromatic N) is 2. The van der Waals surface area contributed by atoms with Gasteiger partial charge in [0.1, 0.15) is 11.5 Å². The Labute approximate surface area is 132 Å². The molecular formula is C18H14FN3O. The first-order valence-electron chi connectivity index (χ1n) is 7.10. The van der Waals surface area contributed by atoms with Crippen LogP contribution in [0.3, 0.4) is 0 Å². The lowest BCUT2D eigenvalue weighted by Crippen LogP contribution is -2.20. The minimum Gasteiger partial charge on any atom is -0.266 e. The molecule has 0 saturated carbocycles. The van der Waals surface area contributed by atoms with Gasteiger partial charge in [-0.05, 0) is 25.1 Å². The van der Waals surface area contributed by atoms with Crippen LogP contribution in [0, 0.1) is 5.82 Å². The van der Waals surface area contributed by atoms with Crippen molar-refractivity contribution in [2.45, 2.75) is 6.92 Å². The van der Waals surface area contributed by atoms with Gasteiger partial charge in [0.15, 0.2) is 0 Å². The van der Waals surface area contributed by atoms with E-state index >= 15 is 0 Å². The maximum Gasteiger partial charge on any atom is 0.289 e. The van der Waals surface area contributed by atoms with Gasteiger partial charge < -0.3 is 0 Å². The van der Waals surface area contributed by atoms with Crippen LogP contribution >= 0.6 is 0 Å². The number of hydrazone groups is 1. The molecule has 0 aliphatic rings. The van der Waals surface area contributed by atoms with E-state index < -0.39 is 5.91 Å². The van der Waals surface area contributed by atoms with Crippen molar-refractivity contribution in [1.29, 1.82) is 0 Å². The Kier molecular flexibility index (Phi) is 4.10. The van der Waals surface area contributed by atoms with Crippen molar-refractivity contribution in [3.63, 3.8) is 0 Å². The first kappa shape index (κ1) is 14.8. The van der Waals surface area contributed by atoms with E-state index in [2.05, 4.69) is 15.5 Å². The van der Waals surface area contributed by atoms with E-state index in [9.17, 15) is 9.18 Å². The Morgan fingerprint density at radius 2 is 1.78 bits per heavy atom. The Hall–Kier alpha value is -3.08. The minimum atomic E-state index is -0.438. The molecule has 0 atom stereocenters. The van der Waals surface area contributed by atoms with Gasteiger partial charge in [-0.25, -0.2) is 14.8 Å². The Morgan fingerprint density at radius 3 is 2.61 bits per heavy atom. The number of aromatic nitrogens is 1. The van der Waals surface area contributed by atoms with Crippen molar-refractivity contribution in [2.75, 3.05) is 0 Å². The molecule has 114 valence electrons. The van der Waals surface area contributed by atoms with Gasteiger partial charge in [-0.2, -0.15) is 5.10 Å². The van der Waals surface area contributed by atoms with Gasteiger partial charge in [-0.1, -0.05) is 42.5 Å². The summed E-state index contributed by atoms with van der Waals surface area (Å²) >= 11 is 0. The molecule has 5 heteroatoms. The zero-order valence-corrected chi connectivity index (χ0v) is 12.5. The average Bonchev–Trinajstić information content (AvgIpc) is 2.59. The van der Waals surface area contributed by atoms with Crippen LogP contribution in [0.2, 0.25) is 0 Å². The van der Waals surface area contributed by atoms with Gasteiger partial charge in [-0.3, -0.25) is 4.79 Å². The van der Waals surface area contributed by atoms with Crippen molar-refractivity contribution in [1.82, 2.24) is 10.4 Å². The molecule has 0 unspecified atom stereocenters. The van der Waals surface area contributed by atoms with E-state index in [0.717, 1.165) is 10.9 Å². The number of rotatable bonds is 3. The molecule has 0 aliphatic carbocycles. The fraction of sp³-hybridized carbons (Fsp3) is 0.0556. The SMILES string of the molecule is C/C(=N\NC(=O)c1ccc2ccccc2n1)c1ccccc1F. The molecule has 1 N–H and O–H groups in total. The molecule has 0 aliphatic heterocycles. The van der Waals surface area contributed by atoms with Crippen LogP contribution in [0.4, 0.5) is 4.39 Å². The van der Waals surface area contributed by atoms with E-state index in [1.807, 2.05) is 30.3 Å². The highest BCUT2D eigenvalue weighted by Gasteiger charge is 2.09. The standard InChI is InChI=1S/C18H14FN3O/c1-12(14-7-3-4-8-15(14)19)21-22-18(23)17-11-10-13-6-2-5-9-16(13)20-17/h2-11H,1H3,(H,22,23)/b21-12+. The molecule has 0 bridgehead atoms. The molecule has 2 aromatic carbocycles. The van der Waals surface area contributed by atoms with Gasteiger partial charge >= 0.3 is 0 Å². The normalized spacial score (nSPS) is 11.5. The van der Waals surface area contributed by atoms with Crippen LogP contribution in [0.25, 0.3) is 10.9 Å². The van der Waals surface area contributed by atoms with Crippen molar-refractivity contribution in [3.8, 4) is 0 Å². The fourth-order valence-corrected chi connectivity index (χ4v) is 2.20. The van der Waals surface area contributed by atoms with E-state index in [1.165, 1.54) is 6.07 Å². The number of para-hydroxylation sites is 1. The monoisotopic (exact) mass is 307 g/mol. The summed E-state index contributed by atoms with van der Waals surface area (Å²) in [4.78, 5) is 16.4. The van der Waals surface area contributed by atoms with Gasteiger partial charge in [-0.15, -0.1) is 0 Å². The second kappa shape index (κ2) is 6.36. The third-order valence-corrected chi connectivity index (χ3v) is 3.42. The summed E-state index contributed by atoms with van der Waals surface area (Å²) in [6.45, 7) is 1.63. The zero-order chi connectivity index (χ0) is 16.2. The number of pyridine rings is 1. The molecule has 3 aromatic rings. The van der Waals surface area contributed by atoms with Crippen LogP contribution < -0.4 is 5.43 Å². The Morgan fingerprint density at radius 1 is 1.04 bits per heavy atom. The Balaban J connectivity index is 1.80. The minimum absolute atomic E-state index is 0.258. The lowest BCUT2D eigenvalue weighted by molar-refractivity contribution is 0.0950. The molecule has 1 aromatic heterocycles. The first-order chi connectivity index (χ1) is 11.1.